The normalized spacial score (nSPS) is 16.2. The number of hydrogen-bond acceptors (Lipinski definition) is 5. The summed E-state index contributed by atoms with van der Waals surface area (Å²) in [6.07, 6.45) is 0.973. The first-order chi connectivity index (χ1) is 13.3. The molecule has 7 nitrogen and oxygen atoms in total. The summed E-state index contributed by atoms with van der Waals surface area (Å²) in [5.41, 5.74) is 3.49. The van der Waals surface area contributed by atoms with Gasteiger partial charge in [-0.3, -0.25) is 9.47 Å². The maximum Gasteiger partial charge on any atom is 0.419 e. The summed E-state index contributed by atoms with van der Waals surface area (Å²) >= 11 is 0. The van der Waals surface area contributed by atoms with Gasteiger partial charge in [-0.2, -0.15) is 0 Å². The topological polar surface area (TPSA) is 84.6 Å². The van der Waals surface area contributed by atoms with E-state index in [-0.39, 0.29) is 10.9 Å². The average molecular weight is 401 g/mol. The first-order valence-electron chi connectivity index (χ1n) is 9.24. The summed E-state index contributed by atoms with van der Waals surface area (Å²) in [7, 11) is -2.15. The van der Waals surface area contributed by atoms with E-state index in [9.17, 15) is 13.2 Å². The number of aryl methyl sites for hydroxylation is 1. The Morgan fingerprint density at radius 1 is 1.18 bits per heavy atom. The molecule has 0 spiro atoms. The molecule has 8 heteroatoms. The Kier molecular flexibility index (Phi) is 4.86. The van der Waals surface area contributed by atoms with E-state index in [0.717, 1.165) is 19.5 Å². The molecule has 0 aliphatic carbocycles. The molecule has 2 heterocycles. The second kappa shape index (κ2) is 7.20. The van der Waals surface area contributed by atoms with Crippen LogP contribution in [-0.4, -0.2) is 37.0 Å². The zero-order chi connectivity index (χ0) is 19.9. The molecule has 0 fully saturated rings. The van der Waals surface area contributed by atoms with E-state index >= 15 is 0 Å². The number of oxazole rings is 1. The van der Waals surface area contributed by atoms with Crippen molar-refractivity contribution in [1.82, 2.24) is 14.2 Å². The van der Waals surface area contributed by atoms with Gasteiger partial charge in [-0.25, -0.2) is 17.9 Å². The lowest BCUT2D eigenvalue weighted by Gasteiger charge is -2.31. The molecule has 2 aromatic carbocycles. The van der Waals surface area contributed by atoms with E-state index in [1.165, 1.54) is 33.9 Å². The van der Waals surface area contributed by atoms with Gasteiger partial charge in [0.05, 0.1) is 10.4 Å². The molecule has 28 heavy (non-hydrogen) atoms. The van der Waals surface area contributed by atoms with Crippen LogP contribution in [0, 0.1) is 0 Å². The number of rotatable bonds is 5. The monoisotopic (exact) mass is 401 g/mol. The van der Waals surface area contributed by atoms with Gasteiger partial charge in [-0.15, -0.1) is 0 Å². The van der Waals surface area contributed by atoms with Crippen molar-refractivity contribution >= 4 is 21.1 Å². The van der Waals surface area contributed by atoms with Gasteiger partial charge in [0.15, 0.2) is 5.58 Å². The molecule has 1 aromatic heterocycles. The number of aromatic nitrogens is 1. The Hall–Kier alpha value is -2.42. The van der Waals surface area contributed by atoms with Crippen molar-refractivity contribution in [3.8, 4) is 0 Å². The lowest BCUT2D eigenvalue weighted by molar-refractivity contribution is 0.238. The zero-order valence-electron chi connectivity index (χ0n) is 15.9. The van der Waals surface area contributed by atoms with Crippen LogP contribution in [0.3, 0.4) is 0 Å². The van der Waals surface area contributed by atoms with Crippen LogP contribution >= 0.6 is 0 Å². The van der Waals surface area contributed by atoms with Gasteiger partial charge in [-0.05, 0) is 42.7 Å². The molecule has 3 aromatic rings. The van der Waals surface area contributed by atoms with E-state index in [1.807, 2.05) is 13.0 Å². The third kappa shape index (κ3) is 3.63. The van der Waals surface area contributed by atoms with Crippen molar-refractivity contribution in [2.75, 3.05) is 13.1 Å². The molecule has 148 valence electrons. The van der Waals surface area contributed by atoms with Crippen molar-refractivity contribution < 1.29 is 12.8 Å². The molecule has 0 saturated heterocycles. The highest BCUT2D eigenvalue weighted by Crippen LogP contribution is 2.20. The standard InChI is InChI=1S/C20H23N3O4S/c1-14(12-23-10-9-15-5-3-4-6-16(15)13-23)21-28(25,26)17-7-8-19-18(11-17)22(2)20(24)27-19/h3-8,11,14,21H,9-10,12-13H2,1-2H3. The first kappa shape index (κ1) is 18.9. The number of fused-ring (bicyclic) bond motifs is 2. The highest BCUT2D eigenvalue weighted by molar-refractivity contribution is 7.89. The predicted octanol–water partition coefficient (Wildman–Crippen LogP) is 1.86. The minimum atomic E-state index is -3.70. The van der Waals surface area contributed by atoms with Crippen molar-refractivity contribution in [2.24, 2.45) is 7.05 Å². The van der Waals surface area contributed by atoms with Crippen LogP contribution in [0.25, 0.3) is 11.1 Å². The van der Waals surface area contributed by atoms with Gasteiger partial charge in [0.1, 0.15) is 0 Å². The van der Waals surface area contributed by atoms with Crippen LogP contribution in [0.2, 0.25) is 0 Å². The molecule has 4 rings (SSSR count). The Morgan fingerprint density at radius 3 is 2.71 bits per heavy atom. The molecular weight excluding hydrogens is 378 g/mol. The van der Waals surface area contributed by atoms with Crippen LogP contribution in [0.5, 0.6) is 0 Å². The Bertz CT molecular complexity index is 1180. The highest BCUT2D eigenvalue weighted by Gasteiger charge is 2.22. The van der Waals surface area contributed by atoms with Crippen LogP contribution in [0.1, 0.15) is 18.1 Å². The minimum absolute atomic E-state index is 0.118. The molecular formula is C20H23N3O4S. The van der Waals surface area contributed by atoms with Crippen molar-refractivity contribution in [3.63, 3.8) is 0 Å². The fourth-order valence-corrected chi connectivity index (χ4v) is 5.00. The second-order valence-electron chi connectivity index (χ2n) is 7.33. The van der Waals surface area contributed by atoms with Gasteiger partial charge >= 0.3 is 5.76 Å². The van der Waals surface area contributed by atoms with Crippen molar-refractivity contribution in [1.29, 1.82) is 0 Å². The van der Waals surface area contributed by atoms with E-state index in [4.69, 9.17) is 4.42 Å². The molecule has 0 bridgehead atoms. The third-order valence-corrected chi connectivity index (χ3v) is 6.76. The van der Waals surface area contributed by atoms with E-state index in [1.54, 1.807) is 7.05 Å². The van der Waals surface area contributed by atoms with Gasteiger partial charge < -0.3 is 4.42 Å². The van der Waals surface area contributed by atoms with Gasteiger partial charge in [0.2, 0.25) is 10.0 Å². The van der Waals surface area contributed by atoms with Crippen LogP contribution < -0.4 is 10.5 Å². The summed E-state index contributed by atoms with van der Waals surface area (Å²) < 4.78 is 34.7. The van der Waals surface area contributed by atoms with E-state index < -0.39 is 15.8 Å². The average Bonchev–Trinajstić information content (AvgIpc) is 2.95. The highest BCUT2D eigenvalue weighted by atomic mass is 32.2. The third-order valence-electron chi connectivity index (χ3n) is 5.17. The lowest BCUT2D eigenvalue weighted by Crippen LogP contribution is -2.43. The predicted molar refractivity (Wildman–Crippen MR) is 107 cm³/mol. The molecule has 0 amide bonds. The fraction of sp³-hybridized carbons (Fsp3) is 0.350. The first-order valence-corrected chi connectivity index (χ1v) is 10.7. The smallest absolute Gasteiger partial charge is 0.408 e. The number of benzene rings is 2. The maximum atomic E-state index is 12.8. The van der Waals surface area contributed by atoms with Crippen LogP contribution in [0.15, 0.2) is 56.6 Å². The Morgan fingerprint density at radius 2 is 1.93 bits per heavy atom. The molecule has 1 unspecified atom stereocenters. The number of hydrogen-bond donors (Lipinski definition) is 1. The minimum Gasteiger partial charge on any atom is -0.408 e. The van der Waals surface area contributed by atoms with Gasteiger partial charge in [-0.1, -0.05) is 24.3 Å². The Labute approximate surface area is 163 Å². The van der Waals surface area contributed by atoms with E-state index in [0.29, 0.717) is 17.6 Å². The van der Waals surface area contributed by atoms with Crippen molar-refractivity contribution in [2.45, 2.75) is 30.8 Å². The largest absolute Gasteiger partial charge is 0.419 e. The van der Waals surface area contributed by atoms with Crippen molar-refractivity contribution in [3.05, 3.63) is 64.1 Å². The second-order valence-corrected chi connectivity index (χ2v) is 9.05. The molecule has 1 N–H and O–H groups in total. The zero-order valence-corrected chi connectivity index (χ0v) is 16.7. The fourth-order valence-electron chi connectivity index (χ4n) is 3.74. The summed E-state index contributed by atoms with van der Waals surface area (Å²) in [5, 5.41) is 0. The SMILES string of the molecule is CC(CN1CCc2ccccc2C1)NS(=O)(=O)c1ccc2oc(=O)n(C)c2c1. The molecule has 1 atom stereocenters. The molecule has 1 aliphatic heterocycles. The summed E-state index contributed by atoms with van der Waals surface area (Å²) in [6.45, 7) is 4.22. The maximum absolute atomic E-state index is 12.8. The summed E-state index contributed by atoms with van der Waals surface area (Å²) in [5.74, 6) is -0.517. The molecule has 0 radical (unpaired) electrons. The van der Waals surface area contributed by atoms with Crippen LogP contribution in [0.4, 0.5) is 0 Å². The number of sulfonamides is 1. The van der Waals surface area contributed by atoms with Gasteiger partial charge in [0.25, 0.3) is 0 Å². The number of nitrogens with one attached hydrogen (secondary N) is 1. The van der Waals surface area contributed by atoms with E-state index in [2.05, 4.69) is 27.8 Å². The quantitative estimate of drug-likeness (QED) is 0.705. The lowest BCUT2D eigenvalue weighted by atomic mass is 10.00. The van der Waals surface area contributed by atoms with Crippen LogP contribution in [-0.2, 0) is 30.0 Å². The number of nitrogens with zero attached hydrogens (tertiary/aromatic N) is 2. The summed E-state index contributed by atoms with van der Waals surface area (Å²) in [6, 6.07) is 12.5. The summed E-state index contributed by atoms with van der Waals surface area (Å²) in [4.78, 5) is 14.0. The molecule has 0 saturated carbocycles. The van der Waals surface area contributed by atoms with Gasteiger partial charge in [0, 0.05) is 32.7 Å². The molecule has 1 aliphatic rings. The Balaban J connectivity index is 1.47.